The van der Waals surface area contributed by atoms with Crippen LogP contribution in [0.5, 0.6) is 0 Å². The summed E-state index contributed by atoms with van der Waals surface area (Å²) in [6.07, 6.45) is 2.87. The maximum Gasteiger partial charge on any atom is 0.234 e. The van der Waals surface area contributed by atoms with Crippen molar-refractivity contribution in [2.45, 2.75) is 52.4 Å². The van der Waals surface area contributed by atoms with Crippen molar-refractivity contribution in [1.82, 2.24) is 0 Å². The number of ketones is 2. The average Bonchev–Trinajstić information content (AvgIpc) is 2.43. The number of rotatable bonds is 1. The standard InChI is InChI=1S/C19H22O3/c1-10(2)14-16(20)12-7-8-13-11(6-5-9-19(13,3)4)15(12)18(22)17(14)21/h7-8,10,20H,5-6,9H2,1-4H3. The third kappa shape index (κ3) is 1.95. The number of aliphatic hydroxyl groups is 1. The van der Waals surface area contributed by atoms with Crippen LogP contribution in [0, 0.1) is 5.92 Å². The number of carbonyl (C=O) groups is 2. The van der Waals surface area contributed by atoms with E-state index >= 15 is 0 Å². The minimum atomic E-state index is -0.545. The molecule has 0 atom stereocenters. The van der Waals surface area contributed by atoms with Crippen LogP contribution in [0.3, 0.4) is 0 Å². The van der Waals surface area contributed by atoms with E-state index < -0.39 is 11.6 Å². The molecule has 0 amide bonds. The molecule has 0 spiro atoms. The van der Waals surface area contributed by atoms with Crippen molar-refractivity contribution in [2.24, 2.45) is 5.92 Å². The SMILES string of the molecule is CC(C)C1=C(O)c2ccc3c(c2C(=O)C1=O)CCCC3(C)C. The van der Waals surface area contributed by atoms with Gasteiger partial charge in [0.25, 0.3) is 0 Å². The van der Waals surface area contributed by atoms with Crippen LogP contribution in [0.2, 0.25) is 0 Å². The highest BCUT2D eigenvalue weighted by molar-refractivity contribution is 6.52. The van der Waals surface area contributed by atoms with Gasteiger partial charge in [0.15, 0.2) is 0 Å². The van der Waals surface area contributed by atoms with E-state index in [0.717, 1.165) is 30.4 Å². The Hall–Kier alpha value is -1.90. The van der Waals surface area contributed by atoms with Gasteiger partial charge in [-0.1, -0.05) is 39.8 Å². The van der Waals surface area contributed by atoms with E-state index in [1.807, 2.05) is 26.0 Å². The van der Waals surface area contributed by atoms with Crippen molar-refractivity contribution >= 4 is 17.3 Å². The van der Waals surface area contributed by atoms with Crippen LogP contribution in [-0.4, -0.2) is 16.7 Å². The van der Waals surface area contributed by atoms with E-state index in [1.165, 1.54) is 0 Å². The summed E-state index contributed by atoms with van der Waals surface area (Å²) >= 11 is 0. The summed E-state index contributed by atoms with van der Waals surface area (Å²) in [4.78, 5) is 25.1. The van der Waals surface area contributed by atoms with E-state index in [2.05, 4.69) is 13.8 Å². The molecular weight excluding hydrogens is 276 g/mol. The summed E-state index contributed by atoms with van der Waals surface area (Å²) in [6, 6.07) is 3.83. The molecule has 1 aromatic rings. The molecular formula is C19H22O3. The van der Waals surface area contributed by atoms with Gasteiger partial charge in [-0.3, -0.25) is 9.59 Å². The Bertz CT molecular complexity index is 720. The van der Waals surface area contributed by atoms with Gasteiger partial charge in [0.1, 0.15) is 5.76 Å². The van der Waals surface area contributed by atoms with Gasteiger partial charge in [-0.05, 0) is 41.7 Å². The van der Waals surface area contributed by atoms with Gasteiger partial charge in [0.05, 0.1) is 0 Å². The van der Waals surface area contributed by atoms with Crippen LogP contribution in [-0.2, 0) is 16.6 Å². The molecule has 22 heavy (non-hydrogen) atoms. The Morgan fingerprint density at radius 3 is 2.45 bits per heavy atom. The van der Waals surface area contributed by atoms with Gasteiger partial charge in [0.2, 0.25) is 11.6 Å². The van der Waals surface area contributed by atoms with Crippen molar-refractivity contribution in [3.05, 3.63) is 40.0 Å². The first kappa shape index (κ1) is 15.0. The number of carbonyl (C=O) groups excluding carboxylic acids is 2. The second kappa shape index (κ2) is 4.80. The maximum absolute atomic E-state index is 12.7. The monoisotopic (exact) mass is 298 g/mol. The van der Waals surface area contributed by atoms with E-state index in [-0.39, 0.29) is 22.7 Å². The molecule has 0 aromatic heterocycles. The Kier molecular flexibility index (Phi) is 3.28. The fourth-order valence-corrected chi connectivity index (χ4v) is 3.86. The smallest absolute Gasteiger partial charge is 0.234 e. The predicted octanol–water partition coefficient (Wildman–Crippen LogP) is 3.99. The first-order valence-corrected chi connectivity index (χ1v) is 7.94. The summed E-state index contributed by atoms with van der Waals surface area (Å²) in [7, 11) is 0. The average molecular weight is 298 g/mol. The zero-order valence-corrected chi connectivity index (χ0v) is 13.6. The highest BCUT2D eigenvalue weighted by Crippen LogP contribution is 2.42. The van der Waals surface area contributed by atoms with Crippen molar-refractivity contribution < 1.29 is 14.7 Å². The minimum Gasteiger partial charge on any atom is -0.507 e. The maximum atomic E-state index is 12.7. The lowest BCUT2D eigenvalue weighted by atomic mass is 9.69. The number of allylic oxidation sites excluding steroid dienone is 1. The van der Waals surface area contributed by atoms with Crippen LogP contribution in [0.1, 0.15) is 67.6 Å². The highest BCUT2D eigenvalue weighted by Gasteiger charge is 2.39. The molecule has 2 aliphatic rings. The highest BCUT2D eigenvalue weighted by atomic mass is 16.3. The quantitative estimate of drug-likeness (QED) is 0.798. The molecule has 3 rings (SSSR count). The third-order valence-corrected chi connectivity index (χ3v) is 5.04. The Labute approximate surface area is 131 Å². The van der Waals surface area contributed by atoms with Gasteiger partial charge in [0, 0.05) is 16.7 Å². The number of aliphatic hydroxyl groups excluding tert-OH is 1. The summed E-state index contributed by atoms with van der Waals surface area (Å²) in [5, 5.41) is 10.5. The van der Waals surface area contributed by atoms with E-state index in [1.54, 1.807) is 0 Å². The van der Waals surface area contributed by atoms with Crippen LogP contribution >= 0.6 is 0 Å². The molecule has 0 saturated heterocycles. The molecule has 0 heterocycles. The molecule has 3 nitrogen and oxygen atoms in total. The van der Waals surface area contributed by atoms with E-state index in [0.29, 0.717) is 11.1 Å². The molecule has 0 fully saturated rings. The normalized spacial score (nSPS) is 20.2. The topological polar surface area (TPSA) is 54.4 Å². The molecule has 3 heteroatoms. The molecule has 2 aliphatic carbocycles. The molecule has 1 aromatic carbocycles. The van der Waals surface area contributed by atoms with E-state index in [9.17, 15) is 14.7 Å². The number of benzene rings is 1. The lowest BCUT2D eigenvalue weighted by Crippen LogP contribution is -2.31. The lowest BCUT2D eigenvalue weighted by molar-refractivity contribution is -0.112. The number of hydrogen-bond donors (Lipinski definition) is 1. The van der Waals surface area contributed by atoms with Crippen molar-refractivity contribution in [3.8, 4) is 0 Å². The Balaban J connectivity index is 2.32. The Morgan fingerprint density at radius 1 is 1.14 bits per heavy atom. The van der Waals surface area contributed by atoms with Crippen molar-refractivity contribution in [3.63, 3.8) is 0 Å². The fraction of sp³-hybridized carbons (Fsp3) is 0.474. The van der Waals surface area contributed by atoms with Crippen molar-refractivity contribution in [1.29, 1.82) is 0 Å². The van der Waals surface area contributed by atoms with Crippen LogP contribution < -0.4 is 0 Å². The third-order valence-electron chi connectivity index (χ3n) is 5.04. The number of Topliss-reactive ketones (excluding diaryl/α,β-unsaturated/α-hetero) is 2. The molecule has 0 radical (unpaired) electrons. The zero-order chi connectivity index (χ0) is 16.2. The second-order valence-corrected chi connectivity index (χ2v) is 7.33. The molecule has 0 bridgehead atoms. The second-order valence-electron chi connectivity index (χ2n) is 7.33. The van der Waals surface area contributed by atoms with Gasteiger partial charge in [-0.2, -0.15) is 0 Å². The number of fused-ring (bicyclic) bond motifs is 3. The largest absolute Gasteiger partial charge is 0.507 e. The fourth-order valence-electron chi connectivity index (χ4n) is 3.86. The van der Waals surface area contributed by atoms with E-state index in [4.69, 9.17) is 0 Å². The van der Waals surface area contributed by atoms with Gasteiger partial charge in [-0.15, -0.1) is 0 Å². The van der Waals surface area contributed by atoms with Gasteiger partial charge >= 0.3 is 0 Å². The van der Waals surface area contributed by atoms with Crippen LogP contribution in [0.25, 0.3) is 5.76 Å². The van der Waals surface area contributed by atoms with Gasteiger partial charge in [-0.25, -0.2) is 0 Å². The molecule has 0 aliphatic heterocycles. The first-order chi connectivity index (χ1) is 10.3. The summed E-state index contributed by atoms with van der Waals surface area (Å²) in [6.45, 7) is 7.98. The predicted molar refractivity (Wildman–Crippen MR) is 86.1 cm³/mol. The lowest BCUT2D eigenvalue weighted by Gasteiger charge is -2.35. The van der Waals surface area contributed by atoms with Crippen LogP contribution in [0.15, 0.2) is 17.7 Å². The van der Waals surface area contributed by atoms with Crippen molar-refractivity contribution in [2.75, 3.05) is 0 Å². The number of hydrogen-bond acceptors (Lipinski definition) is 3. The van der Waals surface area contributed by atoms with Crippen LogP contribution in [0.4, 0.5) is 0 Å². The van der Waals surface area contributed by atoms with Gasteiger partial charge < -0.3 is 5.11 Å². The Morgan fingerprint density at radius 2 is 1.82 bits per heavy atom. The minimum absolute atomic E-state index is 0.00357. The molecule has 1 N–H and O–H groups in total. The molecule has 0 saturated carbocycles. The molecule has 116 valence electrons. The zero-order valence-electron chi connectivity index (χ0n) is 13.6. The molecule has 0 unspecified atom stereocenters. The summed E-state index contributed by atoms with van der Waals surface area (Å²) in [5.41, 5.74) is 3.32. The first-order valence-electron chi connectivity index (χ1n) is 7.94. The summed E-state index contributed by atoms with van der Waals surface area (Å²) < 4.78 is 0. The summed E-state index contributed by atoms with van der Waals surface area (Å²) in [5.74, 6) is -1.18.